The first-order chi connectivity index (χ1) is 16.8. The van der Waals surface area contributed by atoms with Crippen LogP contribution in [-0.4, -0.2) is 37.4 Å². The molecule has 184 valence electrons. The van der Waals surface area contributed by atoms with Gasteiger partial charge in [-0.15, -0.1) is 0 Å². The van der Waals surface area contributed by atoms with E-state index in [2.05, 4.69) is 86.4 Å². The minimum atomic E-state index is -0.0786. The number of thiocarbonyl (C=S) groups is 1. The summed E-state index contributed by atoms with van der Waals surface area (Å²) < 4.78 is 17.6. The highest BCUT2D eigenvalue weighted by Crippen LogP contribution is 2.39. The van der Waals surface area contributed by atoms with Crippen LogP contribution < -0.4 is 19.5 Å². The Morgan fingerprint density at radius 1 is 0.914 bits per heavy atom. The molecule has 3 aromatic rings. The zero-order valence-corrected chi connectivity index (χ0v) is 22.2. The van der Waals surface area contributed by atoms with Crippen LogP contribution in [0.4, 0.5) is 5.69 Å². The van der Waals surface area contributed by atoms with Gasteiger partial charge in [-0.25, -0.2) is 0 Å². The number of hydrogen-bond acceptors (Lipinski definition) is 4. The average molecular weight is 491 g/mol. The Morgan fingerprint density at radius 3 is 2.26 bits per heavy atom. The monoisotopic (exact) mass is 490 g/mol. The molecule has 0 spiro atoms. The van der Waals surface area contributed by atoms with Crippen LogP contribution in [0.3, 0.4) is 0 Å². The molecule has 35 heavy (non-hydrogen) atoms. The maximum Gasteiger partial charge on any atom is 0.174 e. The van der Waals surface area contributed by atoms with Crippen molar-refractivity contribution < 1.29 is 14.2 Å². The van der Waals surface area contributed by atoms with Crippen molar-refractivity contribution >= 4 is 23.0 Å². The lowest BCUT2D eigenvalue weighted by molar-refractivity contribution is 0.190. The zero-order chi connectivity index (χ0) is 25.1. The highest BCUT2D eigenvalue weighted by Gasteiger charge is 2.31. The van der Waals surface area contributed by atoms with E-state index >= 15 is 0 Å². The predicted octanol–water partition coefficient (Wildman–Crippen LogP) is 6.31. The molecular formula is C29H34N2O3S. The van der Waals surface area contributed by atoms with Gasteiger partial charge in [-0.05, 0) is 104 Å². The second-order valence-corrected chi connectivity index (χ2v) is 9.63. The Bertz CT molecular complexity index is 1220. The lowest BCUT2D eigenvalue weighted by Crippen LogP contribution is -2.44. The van der Waals surface area contributed by atoms with Crippen LogP contribution in [0.15, 0.2) is 48.5 Å². The van der Waals surface area contributed by atoms with Crippen molar-refractivity contribution in [1.82, 2.24) is 4.90 Å². The van der Waals surface area contributed by atoms with Gasteiger partial charge in [0, 0.05) is 12.2 Å². The second kappa shape index (κ2) is 10.6. The number of aryl methyl sites for hydroxylation is 4. The van der Waals surface area contributed by atoms with Gasteiger partial charge < -0.3 is 24.4 Å². The third-order valence-corrected chi connectivity index (χ3v) is 6.83. The first-order valence-corrected chi connectivity index (χ1v) is 12.3. The van der Waals surface area contributed by atoms with Crippen LogP contribution in [0, 0.1) is 27.7 Å². The number of nitrogens with one attached hydrogen (secondary N) is 1. The summed E-state index contributed by atoms with van der Waals surface area (Å²) in [7, 11) is 3.33. The van der Waals surface area contributed by atoms with Crippen LogP contribution in [0.2, 0.25) is 0 Å². The summed E-state index contributed by atoms with van der Waals surface area (Å²) >= 11 is 5.94. The van der Waals surface area contributed by atoms with Crippen LogP contribution >= 0.6 is 12.2 Å². The Balaban J connectivity index is 1.67. The van der Waals surface area contributed by atoms with Crippen molar-refractivity contribution in [2.24, 2.45) is 0 Å². The molecule has 4 rings (SSSR count). The summed E-state index contributed by atoms with van der Waals surface area (Å²) in [5, 5.41) is 4.17. The smallest absolute Gasteiger partial charge is 0.174 e. The van der Waals surface area contributed by atoms with E-state index in [4.69, 9.17) is 26.4 Å². The summed E-state index contributed by atoms with van der Waals surface area (Å²) in [6.45, 7) is 9.60. The highest BCUT2D eigenvalue weighted by atomic mass is 32.1. The minimum absolute atomic E-state index is 0.0786. The number of nitrogens with zero attached hydrogens (tertiary/aromatic N) is 1. The molecule has 0 aromatic heterocycles. The molecule has 0 radical (unpaired) electrons. The molecule has 0 bridgehead atoms. The topological polar surface area (TPSA) is 43.0 Å². The Hall–Kier alpha value is -3.25. The molecule has 0 saturated carbocycles. The maximum atomic E-state index is 6.36. The number of rotatable bonds is 6. The van der Waals surface area contributed by atoms with Gasteiger partial charge in [0.05, 0.1) is 20.3 Å². The van der Waals surface area contributed by atoms with Gasteiger partial charge in [0.25, 0.3) is 0 Å². The van der Waals surface area contributed by atoms with Crippen LogP contribution in [0.5, 0.6) is 17.2 Å². The SMILES string of the molecule is COc1cc2c(cc1OC)C(COc1cc(C)cc(C)c1)N(C(=S)Nc1ccc(C)cc1C)CC2. The van der Waals surface area contributed by atoms with E-state index in [0.717, 1.165) is 35.7 Å². The number of ether oxygens (including phenoxy) is 3. The molecule has 1 N–H and O–H groups in total. The van der Waals surface area contributed by atoms with Gasteiger partial charge in [0.2, 0.25) is 0 Å². The standard InChI is InChI=1S/C29H34N2O3S/c1-18-7-8-25(21(4)12-18)30-29(35)31-10-9-22-15-27(32-5)28(33-6)16-24(22)26(31)17-34-23-13-19(2)11-20(3)14-23/h7-8,11-16,26H,9-10,17H2,1-6H3,(H,30,35). The van der Waals surface area contributed by atoms with E-state index in [1.54, 1.807) is 14.2 Å². The van der Waals surface area contributed by atoms with E-state index < -0.39 is 0 Å². The van der Waals surface area contributed by atoms with Crippen molar-refractivity contribution in [3.63, 3.8) is 0 Å². The fraction of sp³-hybridized carbons (Fsp3) is 0.345. The lowest BCUT2D eigenvalue weighted by atomic mass is 9.92. The third kappa shape index (κ3) is 5.54. The van der Waals surface area contributed by atoms with Crippen molar-refractivity contribution in [3.05, 3.63) is 81.9 Å². The van der Waals surface area contributed by atoms with Crippen LogP contribution in [0.1, 0.15) is 39.4 Å². The number of benzene rings is 3. The fourth-order valence-electron chi connectivity index (χ4n) is 4.78. The van der Waals surface area contributed by atoms with Gasteiger partial charge in [-0.3, -0.25) is 0 Å². The van der Waals surface area contributed by atoms with Crippen LogP contribution in [-0.2, 0) is 6.42 Å². The average Bonchev–Trinajstić information content (AvgIpc) is 2.82. The van der Waals surface area contributed by atoms with Crippen molar-refractivity contribution in [2.75, 3.05) is 32.7 Å². The molecule has 1 atom stereocenters. The molecule has 0 saturated heterocycles. The Kier molecular flexibility index (Phi) is 7.51. The van der Waals surface area contributed by atoms with Gasteiger partial charge in [0.1, 0.15) is 12.4 Å². The summed E-state index contributed by atoms with van der Waals surface area (Å²) in [4.78, 5) is 2.23. The van der Waals surface area contributed by atoms with Crippen molar-refractivity contribution in [1.29, 1.82) is 0 Å². The molecule has 0 aliphatic carbocycles. The quantitative estimate of drug-likeness (QED) is 0.408. The molecule has 6 heteroatoms. The number of hydrogen-bond donors (Lipinski definition) is 1. The Labute approximate surface area is 214 Å². The van der Waals surface area contributed by atoms with E-state index in [1.807, 2.05) is 0 Å². The van der Waals surface area contributed by atoms with E-state index in [9.17, 15) is 0 Å². The van der Waals surface area contributed by atoms with Gasteiger partial charge >= 0.3 is 0 Å². The van der Waals surface area contributed by atoms with Crippen molar-refractivity contribution in [2.45, 2.75) is 40.2 Å². The second-order valence-electron chi connectivity index (χ2n) is 9.25. The molecular weight excluding hydrogens is 456 g/mol. The summed E-state index contributed by atoms with van der Waals surface area (Å²) in [6.07, 6.45) is 0.852. The van der Waals surface area contributed by atoms with Gasteiger partial charge in [-0.1, -0.05) is 23.8 Å². The highest BCUT2D eigenvalue weighted by molar-refractivity contribution is 7.80. The first-order valence-electron chi connectivity index (χ1n) is 11.9. The molecule has 1 heterocycles. The molecule has 5 nitrogen and oxygen atoms in total. The number of fused-ring (bicyclic) bond motifs is 1. The Morgan fingerprint density at radius 2 is 1.60 bits per heavy atom. The van der Waals surface area contributed by atoms with E-state index in [1.165, 1.54) is 27.8 Å². The minimum Gasteiger partial charge on any atom is -0.493 e. The zero-order valence-electron chi connectivity index (χ0n) is 21.4. The molecule has 3 aromatic carbocycles. The first kappa shape index (κ1) is 24.9. The molecule has 1 unspecified atom stereocenters. The number of methoxy groups -OCH3 is 2. The normalized spacial score (nSPS) is 14.8. The molecule has 1 aliphatic rings. The molecule has 1 aliphatic heterocycles. The lowest BCUT2D eigenvalue weighted by Gasteiger charge is -2.39. The maximum absolute atomic E-state index is 6.36. The predicted molar refractivity (Wildman–Crippen MR) is 146 cm³/mol. The van der Waals surface area contributed by atoms with Crippen molar-refractivity contribution in [3.8, 4) is 17.2 Å². The van der Waals surface area contributed by atoms with E-state index in [-0.39, 0.29) is 6.04 Å². The third-order valence-electron chi connectivity index (χ3n) is 6.49. The van der Waals surface area contributed by atoms with Crippen LogP contribution in [0.25, 0.3) is 0 Å². The summed E-state index contributed by atoms with van der Waals surface area (Å²) in [5.74, 6) is 2.31. The number of anilines is 1. The van der Waals surface area contributed by atoms with E-state index in [0.29, 0.717) is 17.5 Å². The molecule has 0 fully saturated rings. The largest absolute Gasteiger partial charge is 0.493 e. The van der Waals surface area contributed by atoms with Gasteiger partial charge in [-0.2, -0.15) is 0 Å². The summed E-state index contributed by atoms with van der Waals surface area (Å²) in [5.41, 5.74) is 8.14. The van der Waals surface area contributed by atoms with Gasteiger partial charge in [0.15, 0.2) is 16.6 Å². The molecule has 0 amide bonds. The fourth-order valence-corrected chi connectivity index (χ4v) is 5.11. The summed E-state index contributed by atoms with van der Waals surface area (Å²) in [6, 6.07) is 16.7.